The summed E-state index contributed by atoms with van der Waals surface area (Å²) < 4.78 is 15.7. The number of hydrogen-bond donors (Lipinski definition) is 1. The molecule has 1 N–H and O–H groups in total. The molecule has 1 aromatic heterocycles. The van der Waals surface area contributed by atoms with Crippen molar-refractivity contribution in [2.24, 2.45) is 0 Å². The van der Waals surface area contributed by atoms with E-state index < -0.39 is 0 Å². The third-order valence-electron chi connectivity index (χ3n) is 3.10. The Balaban J connectivity index is 2.01. The van der Waals surface area contributed by atoms with Crippen LogP contribution in [0, 0.1) is 5.82 Å². The van der Waals surface area contributed by atoms with Crippen LogP contribution in [0.1, 0.15) is 31.1 Å². The van der Waals surface area contributed by atoms with Crippen LogP contribution in [-0.2, 0) is 13.1 Å². The quantitative estimate of drug-likeness (QED) is 0.880. The topological polar surface area (TPSA) is 29.9 Å². The molecule has 4 heteroatoms. The average molecular weight is 247 g/mol. The molecule has 0 radical (unpaired) electrons. The predicted molar refractivity (Wildman–Crippen MR) is 69.6 cm³/mol. The maximum Gasteiger partial charge on any atom is 0.127 e. The lowest BCUT2D eigenvalue weighted by atomic mass is 10.1. The van der Waals surface area contributed by atoms with E-state index in [2.05, 4.69) is 21.8 Å². The standard InChI is InChI=1S/C14H18FN3/c1-3-18-10-16-8-12(18)9-17-11(2)13-6-4-5-7-14(13)15/h4-8,10-11,17H,3,9H2,1-2H3. The van der Waals surface area contributed by atoms with Gasteiger partial charge in [-0.2, -0.15) is 0 Å². The van der Waals surface area contributed by atoms with Gasteiger partial charge in [0.25, 0.3) is 0 Å². The number of hydrogen-bond acceptors (Lipinski definition) is 2. The minimum Gasteiger partial charge on any atom is -0.334 e. The summed E-state index contributed by atoms with van der Waals surface area (Å²) in [6.45, 7) is 5.62. The highest BCUT2D eigenvalue weighted by atomic mass is 19.1. The summed E-state index contributed by atoms with van der Waals surface area (Å²) in [5.41, 5.74) is 1.81. The Morgan fingerprint density at radius 2 is 2.17 bits per heavy atom. The van der Waals surface area contributed by atoms with Crippen LogP contribution in [0.4, 0.5) is 4.39 Å². The largest absolute Gasteiger partial charge is 0.334 e. The molecule has 1 unspecified atom stereocenters. The number of rotatable bonds is 5. The van der Waals surface area contributed by atoms with Crippen LogP contribution in [0.25, 0.3) is 0 Å². The Bertz CT molecular complexity index is 507. The van der Waals surface area contributed by atoms with Gasteiger partial charge in [-0.1, -0.05) is 18.2 Å². The first kappa shape index (κ1) is 12.8. The zero-order valence-corrected chi connectivity index (χ0v) is 10.7. The molecular formula is C14H18FN3. The van der Waals surface area contributed by atoms with Crippen molar-refractivity contribution in [3.8, 4) is 0 Å². The second-order valence-corrected chi connectivity index (χ2v) is 4.30. The highest BCUT2D eigenvalue weighted by Crippen LogP contribution is 2.16. The lowest BCUT2D eigenvalue weighted by Crippen LogP contribution is -2.20. The van der Waals surface area contributed by atoms with Crippen LogP contribution in [0.5, 0.6) is 0 Å². The van der Waals surface area contributed by atoms with Crippen LogP contribution in [-0.4, -0.2) is 9.55 Å². The normalized spacial score (nSPS) is 12.6. The maximum atomic E-state index is 13.6. The van der Waals surface area contributed by atoms with Gasteiger partial charge in [-0.25, -0.2) is 9.37 Å². The first-order chi connectivity index (χ1) is 8.72. The van der Waals surface area contributed by atoms with Crippen LogP contribution < -0.4 is 5.32 Å². The molecule has 0 aliphatic heterocycles. The Kier molecular flexibility index (Phi) is 4.10. The highest BCUT2D eigenvalue weighted by molar-refractivity contribution is 5.20. The minimum absolute atomic E-state index is 0.0218. The Morgan fingerprint density at radius 3 is 2.89 bits per heavy atom. The van der Waals surface area contributed by atoms with Crippen molar-refractivity contribution in [1.82, 2.24) is 14.9 Å². The van der Waals surface area contributed by atoms with Crippen molar-refractivity contribution >= 4 is 0 Å². The summed E-state index contributed by atoms with van der Waals surface area (Å²) in [6, 6.07) is 6.84. The molecule has 0 aliphatic rings. The maximum absolute atomic E-state index is 13.6. The molecule has 1 aromatic carbocycles. The second-order valence-electron chi connectivity index (χ2n) is 4.30. The molecule has 0 spiro atoms. The van der Waals surface area contributed by atoms with Gasteiger partial charge in [0.15, 0.2) is 0 Å². The second kappa shape index (κ2) is 5.78. The number of nitrogens with zero attached hydrogens (tertiary/aromatic N) is 2. The molecule has 2 rings (SSSR count). The van der Waals surface area contributed by atoms with Gasteiger partial charge in [-0.05, 0) is 19.9 Å². The SMILES string of the molecule is CCn1cncc1CNC(C)c1ccccc1F. The molecule has 1 heterocycles. The smallest absolute Gasteiger partial charge is 0.127 e. The fourth-order valence-electron chi connectivity index (χ4n) is 1.97. The van der Waals surface area contributed by atoms with Crippen molar-refractivity contribution in [2.45, 2.75) is 33.0 Å². The van der Waals surface area contributed by atoms with E-state index in [4.69, 9.17) is 0 Å². The van der Waals surface area contributed by atoms with E-state index in [1.165, 1.54) is 6.07 Å². The number of halogens is 1. The fourth-order valence-corrected chi connectivity index (χ4v) is 1.97. The minimum atomic E-state index is -0.165. The third-order valence-corrected chi connectivity index (χ3v) is 3.10. The molecule has 0 saturated heterocycles. The molecule has 96 valence electrons. The van der Waals surface area contributed by atoms with E-state index >= 15 is 0 Å². The summed E-state index contributed by atoms with van der Waals surface area (Å²) >= 11 is 0. The first-order valence-electron chi connectivity index (χ1n) is 6.19. The molecule has 2 aromatic rings. The number of nitrogens with one attached hydrogen (secondary N) is 1. The summed E-state index contributed by atoms with van der Waals surface area (Å²) in [7, 11) is 0. The molecule has 0 amide bonds. The van der Waals surface area contributed by atoms with E-state index in [-0.39, 0.29) is 11.9 Å². The molecule has 0 fully saturated rings. The predicted octanol–water partition coefficient (Wildman–Crippen LogP) is 2.89. The third kappa shape index (κ3) is 2.76. The van der Waals surface area contributed by atoms with E-state index in [1.807, 2.05) is 31.6 Å². The molecule has 3 nitrogen and oxygen atoms in total. The van der Waals surface area contributed by atoms with Gasteiger partial charge in [0.2, 0.25) is 0 Å². The molecule has 0 bridgehead atoms. The van der Waals surface area contributed by atoms with Crippen molar-refractivity contribution in [2.75, 3.05) is 0 Å². The number of benzene rings is 1. The average Bonchev–Trinajstić information content (AvgIpc) is 2.84. The molecule has 0 saturated carbocycles. The van der Waals surface area contributed by atoms with Crippen LogP contribution in [0.3, 0.4) is 0 Å². The van der Waals surface area contributed by atoms with Crippen molar-refractivity contribution < 1.29 is 4.39 Å². The van der Waals surface area contributed by atoms with Crippen molar-refractivity contribution in [3.05, 3.63) is 53.9 Å². The Labute approximate surface area is 107 Å². The van der Waals surface area contributed by atoms with Crippen molar-refractivity contribution in [1.29, 1.82) is 0 Å². The molecule has 1 atom stereocenters. The summed E-state index contributed by atoms with van der Waals surface area (Å²) in [4.78, 5) is 4.11. The highest BCUT2D eigenvalue weighted by Gasteiger charge is 2.10. The summed E-state index contributed by atoms with van der Waals surface area (Å²) in [5, 5.41) is 3.32. The van der Waals surface area contributed by atoms with E-state index in [0.717, 1.165) is 12.2 Å². The van der Waals surface area contributed by atoms with E-state index in [0.29, 0.717) is 12.1 Å². The van der Waals surface area contributed by atoms with Gasteiger partial charge >= 0.3 is 0 Å². The first-order valence-corrected chi connectivity index (χ1v) is 6.19. The van der Waals surface area contributed by atoms with Gasteiger partial charge < -0.3 is 9.88 Å². The molecule has 0 aliphatic carbocycles. The Morgan fingerprint density at radius 1 is 1.39 bits per heavy atom. The number of aromatic nitrogens is 2. The zero-order chi connectivity index (χ0) is 13.0. The molecular weight excluding hydrogens is 229 g/mol. The van der Waals surface area contributed by atoms with Crippen LogP contribution in [0.15, 0.2) is 36.8 Å². The van der Waals surface area contributed by atoms with Crippen molar-refractivity contribution in [3.63, 3.8) is 0 Å². The van der Waals surface area contributed by atoms with Gasteiger partial charge in [-0.15, -0.1) is 0 Å². The van der Waals surface area contributed by atoms with Gasteiger partial charge in [0, 0.05) is 30.9 Å². The monoisotopic (exact) mass is 247 g/mol. The van der Waals surface area contributed by atoms with Crippen LogP contribution >= 0.6 is 0 Å². The zero-order valence-electron chi connectivity index (χ0n) is 10.7. The van der Waals surface area contributed by atoms with Crippen LogP contribution in [0.2, 0.25) is 0 Å². The fraction of sp³-hybridized carbons (Fsp3) is 0.357. The van der Waals surface area contributed by atoms with E-state index in [9.17, 15) is 4.39 Å². The number of imidazole rings is 1. The summed E-state index contributed by atoms with van der Waals surface area (Å²) in [6.07, 6.45) is 3.65. The lowest BCUT2D eigenvalue weighted by Gasteiger charge is -2.15. The summed E-state index contributed by atoms with van der Waals surface area (Å²) in [5.74, 6) is -0.165. The molecule has 18 heavy (non-hydrogen) atoms. The van der Waals surface area contributed by atoms with E-state index in [1.54, 1.807) is 6.07 Å². The van der Waals surface area contributed by atoms with Gasteiger partial charge in [0.1, 0.15) is 5.82 Å². The lowest BCUT2D eigenvalue weighted by molar-refractivity contribution is 0.516. The Hall–Kier alpha value is -1.68. The number of aryl methyl sites for hydroxylation is 1. The van der Waals surface area contributed by atoms with Gasteiger partial charge in [0.05, 0.1) is 12.0 Å². The van der Waals surface area contributed by atoms with Gasteiger partial charge in [-0.3, -0.25) is 0 Å².